The van der Waals surface area contributed by atoms with E-state index in [1.807, 2.05) is 13.8 Å². The molecule has 2 unspecified atom stereocenters. The zero-order chi connectivity index (χ0) is 15.8. The molecule has 2 amide bonds. The van der Waals surface area contributed by atoms with Gasteiger partial charge >= 0.3 is 0 Å². The summed E-state index contributed by atoms with van der Waals surface area (Å²) in [6.45, 7) is 5.61. The van der Waals surface area contributed by atoms with Crippen LogP contribution in [-0.4, -0.2) is 28.4 Å². The molecule has 2 rings (SSSR count). The summed E-state index contributed by atoms with van der Waals surface area (Å²) in [6.07, 6.45) is -0.778. The quantitative estimate of drug-likeness (QED) is 0.870. The van der Waals surface area contributed by atoms with Crippen LogP contribution >= 0.6 is 11.6 Å². The third kappa shape index (κ3) is 2.83. The lowest BCUT2D eigenvalue weighted by atomic mass is 9.78. The topological polar surface area (TPSA) is 57.6 Å². The molecule has 1 aromatic carbocycles. The van der Waals surface area contributed by atoms with Crippen molar-refractivity contribution in [1.82, 2.24) is 4.90 Å². The van der Waals surface area contributed by atoms with Gasteiger partial charge in [-0.15, -0.1) is 0 Å². The van der Waals surface area contributed by atoms with Crippen molar-refractivity contribution < 1.29 is 14.7 Å². The fourth-order valence-corrected chi connectivity index (χ4v) is 2.82. The number of aliphatic hydroxyl groups is 1. The summed E-state index contributed by atoms with van der Waals surface area (Å²) in [5, 5.41) is 10.7. The van der Waals surface area contributed by atoms with Crippen molar-refractivity contribution in [1.29, 1.82) is 0 Å². The average Bonchev–Trinajstić information content (AvgIpc) is 2.64. The lowest BCUT2D eigenvalue weighted by Gasteiger charge is -2.27. The Morgan fingerprint density at radius 2 is 1.95 bits per heavy atom. The van der Waals surface area contributed by atoms with E-state index in [1.165, 1.54) is 0 Å². The molecule has 1 aliphatic rings. The first-order chi connectivity index (χ1) is 9.77. The Morgan fingerprint density at radius 3 is 2.48 bits per heavy atom. The largest absolute Gasteiger partial charge is 0.386 e. The van der Waals surface area contributed by atoms with E-state index in [0.29, 0.717) is 10.6 Å². The van der Waals surface area contributed by atoms with Crippen LogP contribution in [0, 0.1) is 11.3 Å². The Morgan fingerprint density at radius 1 is 1.33 bits per heavy atom. The third-order valence-corrected chi connectivity index (χ3v) is 4.79. The van der Waals surface area contributed by atoms with Gasteiger partial charge < -0.3 is 5.11 Å². The van der Waals surface area contributed by atoms with Gasteiger partial charge in [-0.25, -0.2) is 0 Å². The summed E-state index contributed by atoms with van der Waals surface area (Å²) < 4.78 is 0. The summed E-state index contributed by atoms with van der Waals surface area (Å²) in [4.78, 5) is 25.8. The molecular weight excluding hydrogens is 290 g/mol. The van der Waals surface area contributed by atoms with Gasteiger partial charge in [0.25, 0.3) is 0 Å². The number of carbonyl (C=O) groups is 2. The van der Waals surface area contributed by atoms with E-state index in [1.54, 1.807) is 31.2 Å². The van der Waals surface area contributed by atoms with Gasteiger partial charge in [-0.1, -0.05) is 43.6 Å². The number of likely N-dealkylation sites (tertiary alicyclic amines) is 1. The fourth-order valence-electron chi connectivity index (χ4n) is 2.56. The Hall–Kier alpha value is -1.39. The number of aliphatic hydroxyl groups excluding tert-OH is 1. The lowest BCUT2D eigenvalue weighted by molar-refractivity contribution is -0.143. The Balaban J connectivity index is 2.19. The lowest BCUT2D eigenvalue weighted by Crippen LogP contribution is -2.39. The van der Waals surface area contributed by atoms with E-state index in [4.69, 9.17) is 11.6 Å². The van der Waals surface area contributed by atoms with Crippen LogP contribution in [0.3, 0.4) is 0 Å². The van der Waals surface area contributed by atoms with Crippen molar-refractivity contribution in [3.63, 3.8) is 0 Å². The molecule has 1 saturated heterocycles. The van der Waals surface area contributed by atoms with E-state index in [2.05, 4.69) is 0 Å². The number of carbonyl (C=O) groups excluding carboxylic acids is 2. The number of amides is 2. The second kappa shape index (κ2) is 5.78. The smallest absolute Gasteiger partial charge is 0.235 e. The van der Waals surface area contributed by atoms with Gasteiger partial charge in [0.05, 0.1) is 18.1 Å². The third-order valence-electron chi connectivity index (χ3n) is 4.45. The first-order valence-electron chi connectivity index (χ1n) is 7.04. The first-order valence-corrected chi connectivity index (χ1v) is 7.42. The number of hydrogen-bond donors (Lipinski definition) is 1. The molecule has 0 aromatic heterocycles. The highest BCUT2D eigenvalue weighted by atomic mass is 35.5. The van der Waals surface area contributed by atoms with Gasteiger partial charge in [-0.3, -0.25) is 14.5 Å². The standard InChI is InChI=1S/C16H20ClNO3/c1-10(2)16(3)8-14(20)18(15(16)21)9-13(19)11-6-4-5-7-12(11)17/h4-7,10,13,19H,8-9H2,1-3H3. The number of imide groups is 1. The van der Waals surface area contributed by atoms with Gasteiger partial charge in [-0.05, 0) is 18.9 Å². The van der Waals surface area contributed by atoms with Gasteiger partial charge in [-0.2, -0.15) is 0 Å². The zero-order valence-corrected chi connectivity index (χ0v) is 13.2. The molecule has 0 aliphatic carbocycles. The van der Waals surface area contributed by atoms with Gasteiger partial charge in [0.15, 0.2) is 0 Å². The second-order valence-electron chi connectivity index (χ2n) is 6.10. The van der Waals surface area contributed by atoms with Crippen LogP contribution in [-0.2, 0) is 9.59 Å². The highest BCUT2D eigenvalue weighted by Crippen LogP contribution is 2.40. The molecule has 1 aromatic rings. The molecule has 1 heterocycles. The predicted molar refractivity (Wildman–Crippen MR) is 80.7 cm³/mol. The first kappa shape index (κ1) is 16.0. The minimum atomic E-state index is -0.971. The molecule has 2 atom stereocenters. The minimum absolute atomic E-state index is 0.0519. The number of rotatable bonds is 4. The maximum atomic E-state index is 12.5. The molecular formula is C16H20ClNO3. The summed E-state index contributed by atoms with van der Waals surface area (Å²) >= 11 is 6.04. The molecule has 4 nitrogen and oxygen atoms in total. The molecule has 114 valence electrons. The van der Waals surface area contributed by atoms with Crippen molar-refractivity contribution in [2.75, 3.05) is 6.54 Å². The van der Waals surface area contributed by atoms with E-state index in [9.17, 15) is 14.7 Å². The van der Waals surface area contributed by atoms with Crippen LogP contribution < -0.4 is 0 Å². The van der Waals surface area contributed by atoms with Crippen molar-refractivity contribution in [3.8, 4) is 0 Å². The van der Waals surface area contributed by atoms with Crippen LogP contribution in [0.15, 0.2) is 24.3 Å². The summed E-state index contributed by atoms with van der Waals surface area (Å²) in [7, 11) is 0. The summed E-state index contributed by atoms with van der Waals surface area (Å²) in [5.41, 5.74) is -0.157. The average molecular weight is 310 g/mol. The molecule has 0 saturated carbocycles. The molecule has 21 heavy (non-hydrogen) atoms. The molecule has 1 aliphatic heterocycles. The fraction of sp³-hybridized carbons (Fsp3) is 0.500. The number of β-amino-alcohol motifs (C(OH)–C–C–N with tert-alkyl or cyclic N) is 1. The maximum Gasteiger partial charge on any atom is 0.235 e. The van der Waals surface area contributed by atoms with Crippen molar-refractivity contribution in [2.45, 2.75) is 33.3 Å². The van der Waals surface area contributed by atoms with Gasteiger partial charge in [0.1, 0.15) is 0 Å². The number of halogens is 1. The van der Waals surface area contributed by atoms with Crippen molar-refractivity contribution >= 4 is 23.4 Å². The maximum absolute atomic E-state index is 12.5. The molecule has 1 N–H and O–H groups in total. The Kier molecular flexibility index (Phi) is 4.40. The van der Waals surface area contributed by atoms with E-state index < -0.39 is 11.5 Å². The normalized spacial score (nSPS) is 24.0. The highest BCUT2D eigenvalue weighted by Gasteiger charge is 2.50. The summed E-state index contributed by atoms with van der Waals surface area (Å²) in [5.74, 6) is -0.382. The van der Waals surface area contributed by atoms with Crippen molar-refractivity contribution in [3.05, 3.63) is 34.9 Å². The highest BCUT2D eigenvalue weighted by molar-refractivity contribution is 6.31. The zero-order valence-electron chi connectivity index (χ0n) is 12.5. The monoisotopic (exact) mass is 309 g/mol. The van der Waals surface area contributed by atoms with E-state index in [-0.39, 0.29) is 30.7 Å². The van der Waals surface area contributed by atoms with Crippen LogP contribution in [0.2, 0.25) is 5.02 Å². The van der Waals surface area contributed by atoms with E-state index in [0.717, 1.165) is 4.90 Å². The van der Waals surface area contributed by atoms with Crippen LogP contribution in [0.4, 0.5) is 0 Å². The van der Waals surface area contributed by atoms with Crippen LogP contribution in [0.25, 0.3) is 0 Å². The van der Waals surface area contributed by atoms with Crippen LogP contribution in [0.5, 0.6) is 0 Å². The van der Waals surface area contributed by atoms with E-state index >= 15 is 0 Å². The molecule has 5 heteroatoms. The van der Waals surface area contributed by atoms with Gasteiger partial charge in [0.2, 0.25) is 11.8 Å². The summed E-state index contributed by atoms with van der Waals surface area (Å²) in [6, 6.07) is 6.89. The van der Waals surface area contributed by atoms with Crippen LogP contribution in [0.1, 0.15) is 38.9 Å². The predicted octanol–water partition coefficient (Wildman–Crippen LogP) is 2.79. The molecule has 0 radical (unpaired) electrons. The molecule has 0 spiro atoms. The van der Waals surface area contributed by atoms with Gasteiger partial charge in [0, 0.05) is 17.0 Å². The number of hydrogen-bond acceptors (Lipinski definition) is 3. The second-order valence-corrected chi connectivity index (χ2v) is 6.50. The van der Waals surface area contributed by atoms with Crippen molar-refractivity contribution in [2.24, 2.45) is 11.3 Å². The minimum Gasteiger partial charge on any atom is -0.386 e. The Bertz CT molecular complexity index is 572. The molecule has 0 bridgehead atoms. The Labute approximate surface area is 129 Å². The SMILES string of the molecule is CC(C)C1(C)CC(=O)N(CC(O)c2ccccc2Cl)C1=O. The molecule has 1 fully saturated rings. The number of nitrogens with zero attached hydrogens (tertiary/aromatic N) is 1. The number of benzene rings is 1.